The number of benzene rings is 1. The molecule has 1 N–H and O–H groups in total. The van der Waals surface area contributed by atoms with Crippen LogP contribution in [0.2, 0.25) is 0 Å². The molecule has 0 saturated heterocycles. The van der Waals surface area contributed by atoms with Gasteiger partial charge in [0, 0.05) is 32.5 Å². The van der Waals surface area contributed by atoms with E-state index in [4.69, 9.17) is 4.74 Å². The van der Waals surface area contributed by atoms with Gasteiger partial charge in [-0.05, 0) is 12.1 Å². The van der Waals surface area contributed by atoms with E-state index in [2.05, 4.69) is 5.32 Å². The molecule has 0 spiro atoms. The maximum absolute atomic E-state index is 12.9. The fourth-order valence-electron chi connectivity index (χ4n) is 1.17. The van der Waals surface area contributed by atoms with Gasteiger partial charge in [0.25, 0.3) is 0 Å². The minimum absolute atomic E-state index is 0.0803. The van der Waals surface area contributed by atoms with Crippen LogP contribution >= 0.6 is 0 Å². The molecule has 1 aromatic carbocycles. The Hall–Kier alpha value is -1.69. The largest absolute Gasteiger partial charge is 0.383 e. The van der Waals surface area contributed by atoms with Crippen LogP contribution in [0.25, 0.3) is 0 Å². The van der Waals surface area contributed by atoms with E-state index in [9.17, 15) is 13.6 Å². The third-order valence-electron chi connectivity index (χ3n) is 2.09. The zero-order valence-corrected chi connectivity index (χ0v) is 9.67. The maximum atomic E-state index is 12.9. The standard InChI is InChI=1S/C11H14F2N2O2/c1-15(3-4-17-2)11(16)14-10-6-8(12)5-9(13)7-10/h5-7H,3-4H2,1-2H3,(H,14,16). The Labute approximate surface area is 98.2 Å². The molecule has 0 aliphatic heterocycles. The molecule has 0 atom stereocenters. The number of methoxy groups -OCH3 is 1. The molecule has 4 nitrogen and oxygen atoms in total. The van der Waals surface area contributed by atoms with Gasteiger partial charge < -0.3 is 15.0 Å². The number of nitrogens with one attached hydrogen (secondary N) is 1. The molecule has 0 bridgehead atoms. The summed E-state index contributed by atoms with van der Waals surface area (Å²) < 4.78 is 30.5. The predicted octanol–water partition coefficient (Wildman–Crippen LogP) is 2.07. The summed E-state index contributed by atoms with van der Waals surface area (Å²) in [6, 6.07) is 2.38. The zero-order valence-electron chi connectivity index (χ0n) is 9.67. The number of amides is 2. The van der Waals surface area contributed by atoms with Crippen molar-refractivity contribution in [2.24, 2.45) is 0 Å². The van der Waals surface area contributed by atoms with Crippen LogP contribution in [0.4, 0.5) is 19.3 Å². The number of ether oxygens (including phenoxy) is 1. The van der Waals surface area contributed by atoms with Crippen LogP contribution in [-0.2, 0) is 4.74 Å². The minimum atomic E-state index is -0.736. The van der Waals surface area contributed by atoms with E-state index in [-0.39, 0.29) is 5.69 Å². The smallest absolute Gasteiger partial charge is 0.321 e. The van der Waals surface area contributed by atoms with Gasteiger partial charge in [0.15, 0.2) is 0 Å². The van der Waals surface area contributed by atoms with Crippen molar-refractivity contribution in [3.63, 3.8) is 0 Å². The molecule has 2 amide bonds. The lowest BCUT2D eigenvalue weighted by Crippen LogP contribution is -2.33. The molecule has 0 fully saturated rings. The average Bonchev–Trinajstić information content (AvgIpc) is 2.24. The number of likely N-dealkylation sites (N-methyl/N-ethyl adjacent to an activating group) is 1. The van der Waals surface area contributed by atoms with E-state index in [0.717, 1.165) is 18.2 Å². The highest BCUT2D eigenvalue weighted by molar-refractivity contribution is 5.89. The van der Waals surface area contributed by atoms with Crippen molar-refractivity contribution in [2.45, 2.75) is 0 Å². The number of carbonyl (C=O) groups is 1. The quantitative estimate of drug-likeness (QED) is 0.881. The summed E-state index contributed by atoms with van der Waals surface area (Å²) in [4.78, 5) is 12.9. The van der Waals surface area contributed by atoms with Crippen molar-refractivity contribution in [3.8, 4) is 0 Å². The highest BCUT2D eigenvalue weighted by Gasteiger charge is 2.09. The van der Waals surface area contributed by atoms with E-state index < -0.39 is 17.7 Å². The van der Waals surface area contributed by atoms with E-state index in [1.54, 1.807) is 7.05 Å². The number of halogens is 2. The van der Waals surface area contributed by atoms with Crippen LogP contribution in [0.15, 0.2) is 18.2 Å². The molecule has 0 radical (unpaired) electrons. The number of carbonyl (C=O) groups excluding carboxylic acids is 1. The zero-order chi connectivity index (χ0) is 12.8. The molecular weight excluding hydrogens is 230 g/mol. The Kier molecular flexibility index (Phi) is 4.84. The van der Waals surface area contributed by atoms with Crippen LogP contribution in [0.5, 0.6) is 0 Å². The van der Waals surface area contributed by atoms with Crippen LogP contribution < -0.4 is 5.32 Å². The van der Waals surface area contributed by atoms with Gasteiger partial charge in [-0.15, -0.1) is 0 Å². The second-order valence-corrected chi connectivity index (χ2v) is 3.50. The van der Waals surface area contributed by atoms with Gasteiger partial charge in [-0.1, -0.05) is 0 Å². The van der Waals surface area contributed by atoms with Crippen molar-refractivity contribution in [1.29, 1.82) is 0 Å². The SMILES string of the molecule is COCCN(C)C(=O)Nc1cc(F)cc(F)c1. The van der Waals surface area contributed by atoms with Crippen LogP contribution in [0.3, 0.4) is 0 Å². The molecule has 1 aromatic rings. The molecule has 0 aliphatic carbocycles. The number of hydrogen-bond acceptors (Lipinski definition) is 2. The summed E-state index contributed by atoms with van der Waals surface area (Å²) in [5, 5.41) is 2.38. The van der Waals surface area contributed by atoms with Crippen molar-refractivity contribution in [1.82, 2.24) is 4.90 Å². The van der Waals surface area contributed by atoms with Gasteiger partial charge in [0.1, 0.15) is 11.6 Å². The van der Waals surface area contributed by atoms with E-state index in [0.29, 0.717) is 13.2 Å². The summed E-state index contributed by atoms with van der Waals surface area (Å²) in [7, 11) is 3.08. The number of nitrogens with zero attached hydrogens (tertiary/aromatic N) is 1. The normalized spacial score (nSPS) is 10.1. The van der Waals surface area contributed by atoms with Crippen molar-refractivity contribution >= 4 is 11.7 Å². The van der Waals surface area contributed by atoms with Gasteiger partial charge in [-0.3, -0.25) is 0 Å². The van der Waals surface area contributed by atoms with E-state index in [1.807, 2.05) is 0 Å². The van der Waals surface area contributed by atoms with Crippen molar-refractivity contribution < 1.29 is 18.3 Å². The van der Waals surface area contributed by atoms with Crippen LogP contribution in [0, 0.1) is 11.6 Å². The van der Waals surface area contributed by atoms with Gasteiger partial charge in [-0.25, -0.2) is 13.6 Å². The molecular formula is C11H14F2N2O2. The highest BCUT2D eigenvalue weighted by Crippen LogP contribution is 2.13. The predicted molar refractivity (Wildman–Crippen MR) is 59.9 cm³/mol. The molecule has 0 heterocycles. The molecule has 0 saturated carbocycles. The average molecular weight is 244 g/mol. The van der Waals surface area contributed by atoms with E-state index in [1.165, 1.54) is 12.0 Å². The number of anilines is 1. The van der Waals surface area contributed by atoms with Crippen molar-refractivity contribution in [3.05, 3.63) is 29.8 Å². The third kappa shape index (κ3) is 4.36. The summed E-state index contributed by atoms with van der Waals surface area (Å²) >= 11 is 0. The Morgan fingerprint density at radius 1 is 1.35 bits per heavy atom. The Balaban J connectivity index is 2.61. The number of hydrogen-bond donors (Lipinski definition) is 1. The Bertz CT molecular complexity index is 379. The first-order valence-electron chi connectivity index (χ1n) is 5.00. The second kappa shape index (κ2) is 6.15. The topological polar surface area (TPSA) is 41.6 Å². The van der Waals surface area contributed by atoms with Gasteiger partial charge in [0.2, 0.25) is 0 Å². The first kappa shape index (κ1) is 13.4. The summed E-state index contributed by atoms with van der Waals surface area (Å²) in [5.74, 6) is -1.47. The van der Waals surface area contributed by atoms with E-state index >= 15 is 0 Å². The second-order valence-electron chi connectivity index (χ2n) is 3.50. The lowest BCUT2D eigenvalue weighted by Gasteiger charge is -2.17. The molecule has 0 unspecified atom stereocenters. The Morgan fingerprint density at radius 2 is 1.94 bits per heavy atom. The summed E-state index contributed by atoms with van der Waals surface area (Å²) in [5.41, 5.74) is 0.0803. The molecule has 17 heavy (non-hydrogen) atoms. The van der Waals surface area contributed by atoms with Gasteiger partial charge >= 0.3 is 6.03 Å². The molecule has 94 valence electrons. The lowest BCUT2D eigenvalue weighted by atomic mass is 10.3. The number of rotatable bonds is 4. The number of urea groups is 1. The molecule has 1 rings (SSSR count). The fraction of sp³-hybridized carbons (Fsp3) is 0.364. The van der Waals surface area contributed by atoms with Crippen LogP contribution in [0.1, 0.15) is 0 Å². The van der Waals surface area contributed by atoms with Gasteiger partial charge in [-0.2, -0.15) is 0 Å². The highest BCUT2D eigenvalue weighted by atomic mass is 19.1. The van der Waals surface area contributed by atoms with Crippen LogP contribution in [-0.4, -0.2) is 38.2 Å². The summed E-state index contributed by atoms with van der Waals surface area (Å²) in [6.45, 7) is 0.779. The Morgan fingerprint density at radius 3 is 2.47 bits per heavy atom. The summed E-state index contributed by atoms with van der Waals surface area (Å²) in [6.07, 6.45) is 0. The lowest BCUT2D eigenvalue weighted by molar-refractivity contribution is 0.165. The monoisotopic (exact) mass is 244 g/mol. The maximum Gasteiger partial charge on any atom is 0.321 e. The fourth-order valence-corrected chi connectivity index (χ4v) is 1.17. The first-order chi connectivity index (χ1) is 8.02. The van der Waals surface area contributed by atoms with Crippen molar-refractivity contribution in [2.75, 3.05) is 32.6 Å². The molecule has 0 aromatic heterocycles. The third-order valence-corrected chi connectivity index (χ3v) is 2.09. The van der Waals surface area contributed by atoms with Gasteiger partial charge in [0.05, 0.1) is 6.61 Å². The minimum Gasteiger partial charge on any atom is -0.383 e. The molecule has 0 aliphatic rings. The first-order valence-corrected chi connectivity index (χ1v) is 5.00. The molecule has 6 heteroatoms.